The van der Waals surface area contributed by atoms with E-state index in [-0.39, 0.29) is 11.5 Å². The van der Waals surface area contributed by atoms with Gasteiger partial charge in [0.2, 0.25) is 0 Å². The van der Waals surface area contributed by atoms with Crippen LogP contribution in [0.15, 0.2) is 15.9 Å². The van der Waals surface area contributed by atoms with E-state index >= 15 is 0 Å². The molecule has 0 aromatic carbocycles. The Morgan fingerprint density at radius 3 is 2.80 bits per heavy atom. The molecule has 1 aromatic heterocycles. The standard InChI is InChI=1S/C10H14BrNO2S/c1-10(2,14-3)6-12-9(13)8-7(11)4-5-15-8/h4-5H,6H2,1-3H3,(H,12,13). The zero-order valence-electron chi connectivity index (χ0n) is 8.96. The maximum atomic E-state index is 11.7. The number of amides is 1. The van der Waals surface area contributed by atoms with Crippen LogP contribution in [0.2, 0.25) is 0 Å². The molecule has 3 nitrogen and oxygen atoms in total. The highest BCUT2D eigenvalue weighted by Crippen LogP contribution is 2.22. The second-order valence-electron chi connectivity index (χ2n) is 3.74. The van der Waals surface area contributed by atoms with Gasteiger partial charge in [0.15, 0.2) is 0 Å². The number of hydrogen-bond acceptors (Lipinski definition) is 3. The highest BCUT2D eigenvalue weighted by Gasteiger charge is 2.19. The third-order valence-electron chi connectivity index (χ3n) is 2.05. The van der Waals surface area contributed by atoms with Crippen molar-refractivity contribution in [1.82, 2.24) is 5.32 Å². The van der Waals surface area contributed by atoms with Gasteiger partial charge in [-0.25, -0.2) is 0 Å². The van der Waals surface area contributed by atoms with Gasteiger partial charge in [0.25, 0.3) is 5.91 Å². The van der Waals surface area contributed by atoms with Crippen LogP contribution in [-0.4, -0.2) is 25.2 Å². The van der Waals surface area contributed by atoms with Crippen LogP contribution in [0.25, 0.3) is 0 Å². The summed E-state index contributed by atoms with van der Waals surface area (Å²) in [5.74, 6) is -0.0676. The van der Waals surface area contributed by atoms with Gasteiger partial charge in [0.05, 0.1) is 5.60 Å². The Morgan fingerprint density at radius 2 is 2.33 bits per heavy atom. The average Bonchev–Trinajstić information content (AvgIpc) is 2.61. The lowest BCUT2D eigenvalue weighted by Crippen LogP contribution is -2.39. The van der Waals surface area contributed by atoms with E-state index in [1.165, 1.54) is 11.3 Å². The van der Waals surface area contributed by atoms with Crippen LogP contribution in [0, 0.1) is 0 Å². The first-order valence-corrected chi connectivity index (χ1v) is 6.20. The fraction of sp³-hybridized carbons (Fsp3) is 0.500. The molecule has 1 rings (SSSR count). The van der Waals surface area contributed by atoms with E-state index in [0.717, 1.165) is 4.47 Å². The minimum absolute atomic E-state index is 0.0676. The largest absolute Gasteiger partial charge is 0.377 e. The lowest BCUT2D eigenvalue weighted by molar-refractivity contribution is 0.0229. The third kappa shape index (κ3) is 3.59. The summed E-state index contributed by atoms with van der Waals surface area (Å²) in [6.45, 7) is 4.35. The summed E-state index contributed by atoms with van der Waals surface area (Å²) in [6, 6.07) is 1.86. The molecule has 0 aliphatic rings. The van der Waals surface area contributed by atoms with Gasteiger partial charge in [-0.2, -0.15) is 0 Å². The summed E-state index contributed by atoms with van der Waals surface area (Å²) in [7, 11) is 1.63. The molecular weight excluding hydrogens is 278 g/mol. The van der Waals surface area contributed by atoms with E-state index in [4.69, 9.17) is 4.74 Å². The Labute approximate surface area is 102 Å². The summed E-state index contributed by atoms with van der Waals surface area (Å²) in [5.41, 5.74) is -0.334. The smallest absolute Gasteiger partial charge is 0.262 e. The van der Waals surface area contributed by atoms with E-state index < -0.39 is 0 Å². The number of ether oxygens (including phenoxy) is 1. The highest BCUT2D eigenvalue weighted by molar-refractivity contribution is 9.10. The van der Waals surface area contributed by atoms with Gasteiger partial charge in [-0.1, -0.05) is 0 Å². The number of halogens is 1. The first kappa shape index (κ1) is 12.7. The van der Waals surface area contributed by atoms with Crippen molar-refractivity contribution in [3.8, 4) is 0 Å². The zero-order chi connectivity index (χ0) is 11.5. The minimum atomic E-state index is -0.334. The first-order chi connectivity index (χ1) is 6.96. The highest BCUT2D eigenvalue weighted by atomic mass is 79.9. The van der Waals surface area contributed by atoms with Crippen LogP contribution in [0.1, 0.15) is 23.5 Å². The number of carbonyl (C=O) groups excluding carboxylic acids is 1. The average molecular weight is 292 g/mol. The Bertz CT molecular complexity index is 349. The van der Waals surface area contributed by atoms with Crippen molar-refractivity contribution in [1.29, 1.82) is 0 Å². The Morgan fingerprint density at radius 1 is 1.67 bits per heavy atom. The number of hydrogen-bond donors (Lipinski definition) is 1. The monoisotopic (exact) mass is 291 g/mol. The lowest BCUT2D eigenvalue weighted by atomic mass is 10.1. The summed E-state index contributed by atoms with van der Waals surface area (Å²) >= 11 is 4.74. The van der Waals surface area contributed by atoms with E-state index in [1.54, 1.807) is 7.11 Å². The molecule has 0 fully saturated rings. The first-order valence-electron chi connectivity index (χ1n) is 4.52. The van der Waals surface area contributed by atoms with Crippen molar-refractivity contribution in [2.45, 2.75) is 19.4 Å². The van der Waals surface area contributed by atoms with Crippen LogP contribution in [0.3, 0.4) is 0 Å². The normalized spacial score (nSPS) is 11.5. The molecule has 0 spiro atoms. The molecule has 0 unspecified atom stereocenters. The van der Waals surface area contributed by atoms with E-state index in [2.05, 4.69) is 21.2 Å². The van der Waals surface area contributed by atoms with Crippen molar-refractivity contribution < 1.29 is 9.53 Å². The summed E-state index contributed by atoms with van der Waals surface area (Å²) in [5, 5.41) is 4.71. The van der Waals surface area contributed by atoms with Gasteiger partial charge in [0, 0.05) is 18.1 Å². The molecule has 0 saturated heterocycles. The number of nitrogens with one attached hydrogen (secondary N) is 1. The van der Waals surface area contributed by atoms with Crippen LogP contribution in [0.4, 0.5) is 0 Å². The maximum Gasteiger partial charge on any atom is 0.262 e. The Hall–Kier alpha value is -0.390. The molecule has 0 bridgehead atoms. The van der Waals surface area contributed by atoms with Crippen molar-refractivity contribution in [2.75, 3.05) is 13.7 Å². The second kappa shape index (κ2) is 5.09. The van der Waals surface area contributed by atoms with E-state index in [0.29, 0.717) is 11.4 Å². The predicted molar refractivity (Wildman–Crippen MR) is 65.4 cm³/mol. The molecular formula is C10H14BrNO2S. The van der Waals surface area contributed by atoms with Crippen LogP contribution < -0.4 is 5.32 Å². The van der Waals surface area contributed by atoms with Gasteiger partial charge >= 0.3 is 0 Å². The number of rotatable bonds is 4. The van der Waals surface area contributed by atoms with Crippen molar-refractivity contribution in [2.24, 2.45) is 0 Å². The molecule has 0 atom stereocenters. The number of thiophene rings is 1. The van der Waals surface area contributed by atoms with Crippen molar-refractivity contribution in [3.05, 3.63) is 20.8 Å². The second-order valence-corrected chi connectivity index (χ2v) is 5.51. The molecule has 0 radical (unpaired) electrons. The Balaban J connectivity index is 2.55. The third-order valence-corrected chi connectivity index (χ3v) is 3.89. The molecule has 1 amide bonds. The quantitative estimate of drug-likeness (QED) is 0.926. The van der Waals surface area contributed by atoms with Gasteiger partial charge in [-0.3, -0.25) is 4.79 Å². The number of carbonyl (C=O) groups is 1. The van der Waals surface area contributed by atoms with Gasteiger partial charge < -0.3 is 10.1 Å². The molecule has 1 aromatic rings. The molecule has 0 aliphatic heterocycles. The fourth-order valence-corrected chi connectivity index (χ4v) is 2.37. The fourth-order valence-electron chi connectivity index (χ4n) is 0.901. The van der Waals surface area contributed by atoms with Crippen molar-refractivity contribution in [3.63, 3.8) is 0 Å². The molecule has 1 N–H and O–H groups in total. The van der Waals surface area contributed by atoms with E-state index in [9.17, 15) is 4.79 Å². The topological polar surface area (TPSA) is 38.3 Å². The van der Waals surface area contributed by atoms with Crippen molar-refractivity contribution >= 4 is 33.2 Å². The summed E-state index contributed by atoms with van der Waals surface area (Å²) in [6.07, 6.45) is 0. The van der Waals surface area contributed by atoms with Gasteiger partial charge in [-0.15, -0.1) is 11.3 Å². The van der Waals surface area contributed by atoms with Crippen LogP contribution >= 0.6 is 27.3 Å². The molecule has 1 heterocycles. The summed E-state index contributed by atoms with van der Waals surface area (Å²) < 4.78 is 6.05. The number of methoxy groups -OCH3 is 1. The van der Waals surface area contributed by atoms with Crippen LogP contribution in [0.5, 0.6) is 0 Å². The minimum Gasteiger partial charge on any atom is -0.377 e. The lowest BCUT2D eigenvalue weighted by Gasteiger charge is -2.22. The Kier molecular flexibility index (Phi) is 4.31. The maximum absolute atomic E-state index is 11.7. The molecule has 5 heteroatoms. The molecule has 84 valence electrons. The van der Waals surface area contributed by atoms with E-state index in [1.807, 2.05) is 25.3 Å². The SMILES string of the molecule is COC(C)(C)CNC(=O)c1sccc1Br. The molecule has 0 aliphatic carbocycles. The van der Waals surface area contributed by atoms with Crippen LogP contribution in [-0.2, 0) is 4.74 Å². The zero-order valence-corrected chi connectivity index (χ0v) is 11.4. The van der Waals surface area contributed by atoms with Gasteiger partial charge in [0.1, 0.15) is 4.88 Å². The molecule has 15 heavy (non-hydrogen) atoms. The molecule has 0 saturated carbocycles. The van der Waals surface area contributed by atoms with Gasteiger partial charge in [-0.05, 0) is 41.2 Å². The predicted octanol–water partition coefficient (Wildman–Crippen LogP) is 2.67. The summed E-state index contributed by atoms with van der Waals surface area (Å²) in [4.78, 5) is 12.4.